The van der Waals surface area contributed by atoms with E-state index in [0.29, 0.717) is 16.9 Å². The third-order valence-corrected chi connectivity index (χ3v) is 4.44. The maximum atomic E-state index is 12.1. The molecule has 1 aromatic heterocycles. The number of nitrogens with zero attached hydrogens (tertiary/aromatic N) is 3. The van der Waals surface area contributed by atoms with Crippen molar-refractivity contribution in [1.29, 1.82) is 0 Å². The molecule has 0 saturated carbocycles. The summed E-state index contributed by atoms with van der Waals surface area (Å²) in [6, 6.07) is 4.60. The van der Waals surface area contributed by atoms with Gasteiger partial charge in [0.2, 0.25) is 0 Å². The molecule has 1 aliphatic rings. The first kappa shape index (κ1) is 17.3. The Morgan fingerprint density at radius 2 is 1.92 bits per heavy atom. The fourth-order valence-corrected chi connectivity index (χ4v) is 3.00. The number of likely N-dealkylation sites (tertiary alicyclic amines) is 1. The van der Waals surface area contributed by atoms with Gasteiger partial charge in [-0.2, -0.15) is 5.10 Å². The number of hydrogen-bond acceptors (Lipinski definition) is 4. The van der Waals surface area contributed by atoms with Crippen molar-refractivity contribution < 1.29 is 9.90 Å². The Balaban J connectivity index is 1.48. The molecule has 134 valence electrons. The molecule has 0 aliphatic carbocycles. The van der Waals surface area contributed by atoms with E-state index in [0.717, 1.165) is 13.1 Å². The number of aryl methyl sites for hydroxylation is 1. The van der Waals surface area contributed by atoms with Crippen molar-refractivity contribution in [2.75, 3.05) is 30.3 Å². The zero-order chi connectivity index (χ0) is 17.6. The molecule has 2 heterocycles. The number of phenols is 1. The molecular weight excluding hydrogens is 318 g/mol. The number of aromatic hydroxyl groups is 1. The van der Waals surface area contributed by atoms with E-state index < -0.39 is 0 Å². The van der Waals surface area contributed by atoms with E-state index in [1.807, 2.05) is 10.9 Å². The second-order valence-corrected chi connectivity index (χ2v) is 6.47. The summed E-state index contributed by atoms with van der Waals surface area (Å²) in [4.78, 5) is 14.5. The molecule has 1 saturated heterocycles. The summed E-state index contributed by atoms with van der Waals surface area (Å²) in [7, 11) is 0. The number of urea groups is 1. The maximum absolute atomic E-state index is 12.1. The molecule has 3 rings (SSSR count). The first-order valence-corrected chi connectivity index (χ1v) is 8.72. The molecule has 1 aliphatic heterocycles. The fourth-order valence-electron chi connectivity index (χ4n) is 3.00. The zero-order valence-corrected chi connectivity index (χ0v) is 14.5. The van der Waals surface area contributed by atoms with Gasteiger partial charge in [-0.1, -0.05) is 6.42 Å². The van der Waals surface area contributed by atoms with Crippen LogP contribution in [-0.2, 0) is 6.54 Å². The van der Waals surface area contributed by atoms with E-state index in [1.54, 1.807) is 31.3 Å². The van der Waals surface area contributed by atoms with Crippen LogP contribution in [-0.4, -0.2) is 45.5 Å². The number of nitrogens with one attached hydrogen (secondary N) is 2. The van der Waals surface area contributed by atoms with E-state index in [-0.39, 0.29) is 11.8 Å². The molecule has 1 fully saturated rings. The topological polar surface area (TPSA) is 82.4 Å². The highest BCUT2D eigenvalue weighted by atomic mass is 16.3. The van der Waals surface area contributed by atoms with Gasteiger partial charge in [-0.15, -0.1) is 0 Å². The number of piperidine rings is 1. The second kappa shape index (κ2) is 8.02. The normalized spacial score (nSPS) is 15.1. The van der Waals surface area contributed by atoms with Crippen molar-refractivity contribution in [3.63, 3.8) is 0 Å². The lowest BCUT2D eigenvalue weighted by Crippen LogP contribution is -2.32. The number of phenolic OH excluding ortho intramolecular Hbond substituents is 1. The molecule has 0 spiro atoms. The van der Waals surface area contributed by atoms with Crippen molar-refractivity contribution in [2.24, 2.45) is 0 Å². The highest BCUT2D eigenvalue weighted by Crippen LogP contribution is 2.20. The highest BCUT2D eigenvalue weighted by molar-refractivity contribution is 5.99. The van der Waals surface area contributed by atoms with Gasteiger partial charge in [0.05, 0.1) is 18.4 Å². The molecule has 0 atom stereocenters. The number of carbonyl (C=O) groups is 1. The Hall–Kier alpha value is -2.54. The van der Waals surface area contributed by atoms with Gasteiger partial charge in [-0.3, -0.25) is 4.68 Å². The van der Waals surface area contributed by atoms with Crippen LogP contribution in [0, 0.1) is 6.92 Å². The molecule has 7 heteroatoms. The van der Waals surface area contributed by atoms with Crippen LogP contribution in [0.25, 0.3) is 0 Å². The van der Waals surface area contributed by atoms with Gasteiger partial charge in [-0.25, -0.2) is 4.79 Å². The molecule has 2 amide bonds. The summed E-state index contributed by atoms with van der Waals surface area (Å²) in [5, 5.41) is 19.3. The van der Waals surface area contributed by atoms with Gasteiger partial charge in [0, 0.05) is 18.4 Å². The number of anilines is 2. The molecule has 0 radical (unpaired) electrons. The Morgan fingerprint density at radius 3 is 2.68 bits per heavy atom. The average molecular weight is 343 g/mol. The van der Waals surface area contributed by atoms with Crippen molar-refractivity contribution in [2.45, 2.75) is 32.7 Å². The van der Waals surface area contributed by atoms with E-state index in [1.165, 1.54) is 32.4 Å². The van der Waals surface area contributed by atoms with Crippen LogP contribution in [0.2, 0.25) is 0 Å². The van der Waals surface area contributed by atoms with Crippen molar-refractivity contribution in [3.8, 4) is 5.75 Å². The summed E-state index contributed by atoms with van der Waals surface area (Å²) in [5.74, 6) is 0.209. The Morgan fingerprint density at radius 1 is 1.16 bits per heavy atom. The largest absolute Gasteiger partial charge is 0.508 e. The quantitative estimate of drug-likeness (QED) is 0.729. The Kier molecular flexibility index (Phi) is 5.55. The van der Waals surface area contributed by atoms with Crippen molar-refractivity contribution in [1.82, 2.24) is 14.7 Å². The number of aromatic nitrogens is 2. The number of carbonyl (C=O) groups excluding carboxylic acids is 1. The first-order valence-electron chi connectivity index (χ1n) is 8.72. The molecule has 0 unspecified atom stereocenters. The lowest BCUT2D eigenvalue weighted by Gasteiger charge is -2.26. The summed E-state index contributed by atoms with van der Waals surface area (Å²) in [6.07, 6.45) is 7.39. The Labute approximate surface area is 147 Å². The molecule has 2 aromatic rings. The van der Waals surface area contributed by atoms with Crippen LogP contribution in [0.1, 0.15) is 24.8 Å². The van der Waals surface area contributed by atoms with Gasteiger partial charge in [0.1, 0.15) is 5.75 Å². The molecule has 25 heavy (non-hydrogen) atoms. The van der Waals surface area contributed by atoms with Crippen LogP contribution >= 0.6 is 0 Å². The van der Waals surface area contributed by atoms with Gasteiger partial charge < -0.3 is 20.6 Å². The summed E-state index contributed by atoms with van der Waals surface area (Å²) in [5.41, 5.74) is 2.00. The highest BCUT2D eigenvalue weighted by Gasteiger charge is 2.10. The van der Waals surface area contributed by atoms with Crippen LogP contribution in [0.4, 0.5) is 16.2 Å². The molecule has 3 N–H and O–H groups in total. The molecular formula is C18H25N5O2. The second-order valence-electron chi connectivity index (χ2n) is 6.47. The number of benzene rings is 1. The maximum Gasteiger partial charge on any atom is 0.323 e. The smallest absolute Gasteiger partial charge is 0.323 e. The fraction of sp³-hybridized carbons (Fsp3) is 0.444. The predicted octanol–water partition coefficient (Wildman–Crippen LogP) is 3.03. The summed E-state index contributed by atoms with van der Waals surface area (Å²) >= 11 is 0. The lowest BCUT2D eigenvalue weighted by atomic mass is 10.1. The zero-order valence-electron chi connectivity index (χ0n) is 14.5. The van der Waals surface area contributed by atoms with Crippen molar-refractivity contribution in [3.05, 3.63) is 36.2 Å². The average Bonchev–Trinajstić information content (AvgIpc) is 3.04. The number of hydrogen-bond donors (Lipinski definition) is 3. The third kappa shape index (κ3) is 4.96. The minimum absolute atomic E-state index is 0.209. The summed E-state index contributed by atoms with van der Waals surface area (Å²) < 4.78 is 1.86. The van der Waals surface area contributed by atoms with Gasteiger partial charge in [0.25, 0.3) is 0 Å². The SMILES string of the molecule is Cc1cc(NC(=O)Nc2cnn(CCN3CCCCC3)c2)ccc1O. The van der Waals surface area contributed by atoms with E-state index in [4.69, 9.17) is 0 Å². The molecule has 0 bridgehead atoms. The van der Waals surface area contributed by atoms with E-state index in [2.05, 4.69) is 20.6 Å². The Bertz CT molecular complexity index is 722. The summed E-state index contributed by atoms with van der Waals surface area (Å²) in [6.45, 7) is 5.92. The standard InChI is InChI=1S/C18H25N5O2/c1-14-11-15(5-6-17(14)24)20-18(25)21-16-12-19-23(13-16)10-9-22-7-3-2-4-8-22/h5-6,11-13,24H,2-4,7-10H2,1H3,(H2,20,21,25). The molecule has 7 nitrogen and oxygen atoms in total. The predicted molar refractivity (Wildman–Crippen MR) is 98.0 cm³/mol. The minimum Gasteiger partial charge on any atom is -0.508 e. The van der Waals surface area contributed by atoms with Gasteiger partial charge in [0.15, 0.2) is 0 Å². The van der Waals surface area contributed by atoms with Crippen LogP contribution in [0.3, 0.4) is 0 Å². The van der Waals surface area contributed by atoms with Crippen LogP contribution in [0.5, 0.6) is 5.75 Å². The van der Waals surface area contributed by atoms with Gasteiger partial charge in [-0.05, 0) is 56.6 Å². The van der Waals surface area contributed by atoms with Gasteiger partial charge >= 0.3 is 6.03 Å². The minimum atomic E-state index is -0.333. The third-order valence-electron chi connectivity index (χ3n) is 4.44. The van der Waals surface area contributed by atoms with E-state index >= 15 is 0 Å². The molecule has 1 aromatic carbocycles. The van der Waals surface area contributed by atoms with Crippen LogP contribution < -0.4 is 10.6 Å². The number of amides is 2. The van der Waals surface area contributed by atoms with Crippen molar-refractivity contribution >= 4 is 17.4 Å². The first-order chi connectivity index (χ1) is 12.1. The number of rotatable bonds is 5. The van der Waals surface area contributed by atoms with E-state index in [9.17, 15) is 9.90 Å². The lowest BCUT2D eigenvalue weighted by molar-refractivity contribution is 0.218. The monoisotopic (exact) mass is 343 g/mol. The van der Waals surface area contributed by atoms with Crippen LogP contribution in [0.15, 0.2) is 30.6 Å².